The first-order valence-electron chi connectivity index (χ1n) is 7.99. The summed E-state index contributed by atoms with van der Waals surface area (Å²) < 4.78 is 39.8. The summed E-state index contributed by atoms with van der Waals surface area (Å²) in [6, 6.07) is 6.15. The van der Waals surface area contributed by atoms with E-state index in [1.54, 1.807) is 12.1 Å². The number of nitrogens with one attached hydrogen (secondary N) is 1. The van der Waals surface area contributed by atoms with Crippen LogP contribution in [0.15, 0.2) is 30.5 Å². The SMILES string of the molecule is Cn1cc(C(=O)Nc2ccc(CN3C(=O)CCC3=O)cc2)c(C(F)(F)F)n1. The van der Waals surface area contributed by atoms with Crippen LogP contribution in [0.4, 0.5) is 18.9 Å². The maximum atomic E-state index is 13.0. The molecule has 7 nitrogen and oxygen atoms in total. The highest BCUT2D eigenvalue weighted by Crippen LogP contribution is 2.31. The molecule has 0 saturated carbocycles. The monoisotopic (exact) mass is 380 g/mol. The number of benzene rings is 1. The second kappa shape index (κ2) is 6.86. The Kier molecular flexibility index (Phi) is 4.73. The zero-order valence-electron chi connectivity index (χ0n) is 14.2. The maximum absolute atomic E-state index is 13.0. The molecule has 1 saturated heterocycles. The molecule has 1 fully saturated rings. The molecule has 0 radical (unpaired) electrons. The highest BCUT2D eigenvalue weighted by atomic mass is 19.4. The fourth-order valence-corrected chi connectivity index (χ4v) is 2.74. The zero-order valence-corrected chi connectivity index (χ0v) is 14.2. The minimum absolute atomic E-state index is 0.118. The molecule has 142 valence electrons. The molecule has 1 aromatic heterocycles. The standard InChI is InChI=1S/C17H15F3N4O3/c1-23-9-12(15(22-23)17(18,19)20)16(27)21-11-4-2-10(3-5-11)8-24-13(25)6-7-14(24)26/h2-5,9H,6-8H2,1H3,(H,21,27). The van der Waals surface area contributed by atoms with Crippen molar-refractivity contribution in [2.75, 3.05) is 5.32 Å². The lowest BCUT2D eigenvalue weighted by molar-refractivity contribution is -0.142. The van der Waals surface area contributed by atoms with E-state index in [1.807, 2.05) is 0 Å². The van der Waals surface area contributed by atoms with Crippen molar-refractivity contribution in [2.24, 2.45) is 7.05 Å². The molecule has 2 aromatic rings. The number of imide groups is 1. The molecule has 2 heterocycles. The molecule has 27 heavy (non-hydrogen) atoms. The lowest BCUT2D eigenvalue weighted by Crippen LogP contribution is -2.28. The number of hydrogen-bond acceptors (Lipinski definition) is 4. The van der Waals surface area contributed by atoms with Crippen molar-refractivity contribution < 1.29 is 27.6 Å². The minimum Gasteiger partial charge on any atom is -0.322 e. The Morgan fingerprint density at radius 3 is 2.30 bits per heavy atom. The molecular formula is C17H15F3N4O3. The number of rotatable bonds is 4. The van der Waals surface area contributed by atoms with Gasteiger partial charge in [-0.15, -0.1) is 0 Å². The summed E-state index contributed by atoms with van der Waals surface area (Å²) in [6.45, 7) is 0.118. The van der Waals surface area contributed by atoms with Gasteiger partial charge in [-0.1, -0.05) is 12.1 Å². The summed E-state index contributed by atoms with van der Waals surface area (Å²) in [5, 5.41) is 5.67. The normalized spacial score (nSPS) is 14.7. The van der Waals surface area contributed by atoms with Crippen molar-refractivity contribution >= 4 is 23.4 Å². The summed E-state index contributed by atoms with van der Waals surface area (Å²) in [5.74, 6) is -1.42. The van der Waals surface area contributed by atoms with Gasteiger partial charge in [0, 0.05) is 31.8 Å². The molecule has 1 aromatic carbocycles. The van der Waals surface area contributed by atoms with Gasteiger partial charge in [0.1, 0.15) is 0 Å². The van der Waals surface area contributed by atoms with Gasteiger partial charge in [0.25, 0.3) is 5.91 Å². The van der Waals surface area contributed by atoms with Crippen molar-refractivity contribution in [3.63, 3.8) is 0 Å². The molecule has 0 atom stereocenters. The number of hydrogen-bond donors (Lipinski definition) is 1. The zero-order chi connectivity index (χ0) is 19.8. The lowest BCUT2D eigenvalue weighted by atomic mass is 10.1. The molecule has 0 bridgehead atoms. The quantitative estimate of drug-likeness (QED) is 0.826. The third-order valence-electron chi connectivity index (χ3n) is 4.05. The predicted octanol–water partition coefficient (Wildman–Crippen LogP) is 2.34. The lowest BCUT2D eigenvalue weighted by Gasteiger charge is -2.14. The fraction of sp³-hybridized carbons (Fsp3) is 0.294. The number of aromatic nitrogens is 2. The highest BCUT2D eigenvalue weighted by Gasteiger charge is 2.39. The van der Waals surface area contributed by atoms with E-state index >= 15 is 0 Å². The molecule has 0 aliphatic carbocycles. The summed E-state index contributed by atoms with van der Waals surface area (Å²) in [7, 11) is 1.29. The number of amides is 3. The van der Waals surface area contributed by atoms with E-state index in [1.165, 1.54) is 19.2 Å². The Morgan fingerprint density at radius 1 is 1.15 bits per heavy atom. The van der Waals surface area contributed by atoms with E-state index in [-0.39, 0.29) is 36.9 Å². The Balaban J connectivity index is 1.71. The Hall–Kier alpha value is -3.17. The van der Waals surface area contributed by atoms with E-state index in [0.717, 1.165) is 15.8 Å². The largest absolute Gasteiger partial charge is 0.435 e. The van der Waals surface area contributed by atoms with Gasteiger partial charge in [-0.2, -0.15) is 18.3 Å². The van der Waals surface area contributed by atoms with Gasteiger partial charge in [0.2, 0.25) is 11.8 Å². The number of halogens is 3. The van der Waals surface area contributed by atoms with Crippen LogP contribution in [0.3, 0.4) is 0 Å². The number of nitrogens with zero attached hydrogens (tertiary/aromatic N) is 3. The van der Waals surface area contributed by atoms with Crippen LogP contribution in [0, 0.1) is 0 Å². The summed E-state index contributed by atoms with van der Waals surface area (Å²) in [5.41, 5.74) is -0.902. The molecular weight excluding hydrogens is 365 g/mol. The average Bonchev–Trinajstić information content (AvgIpc) is 3.14. The van der Waals surface area contributed by atoms with Gasteiger partial charge >= 0.3 is 6.18 Å². The Morgan fingerprint density at radius 2 is 1.74 bits per heavy atom. The van der Waals surface area contributed by atoms with Gasteiger partial charge < -0.3 is 5.32 Å². The molecule has 3 rings (SSSR count). The van der Waals surface area contributed by atoms with Crippen LogP contribution in [0.1, 0.15) is 34.5 Å². The first-order chi connectivity index (χ1) is 12.6. The number of carbonyl (C=O) groups is 3. The summed E-state index contributed by atoms with van der Waals surface area (Å²) in [6.07, 6.45) is -3.36. The van der Waals surface area contributed by atoms with Crippen LogP contribution in [-0.4, -0.2) is 32.4 Å². The topological polar surface area (TPSA) is 84.3 Å². The van der Waals surface area contributed by atoms with E-state index in [9.17, 15) is 27.6 Å². The number of aryl methyl sites for hydroxylation is 1. The van der Waals surface area contributed by atoms with Gasteiger partial charge in [0.15, 0.2) is 5.69 Å². The highest BCUT2D eigenvalue weighted by molar-refractivity contribution is 6.05. The van der Waals surface area contributed by atoms with Crippen LogP contribution in [0.5, 0.6) is 0 Å². The third-order valence-corrected chi connectivity index (χ3v) is 4.05. The van der Waals surface area contributed by atoms with Crippen molar-refractivity contribution in [1.82, 2.24) is 14.7 Å². The molecule has 0 unspecified atom stereocenters. The van der Waals surface area contributed by atoms with Crippen LogP contribution < -0.4 is 5.32 Å². The van der Waals surface area contributed by atoms with Gasteiger partial charge in [-0.3, -0.25) is 24.0 Å². The van der Waals surface area contributed by atoms with Gasteiger partial charge in [-0.25, -0.2) is 0 Å². The predicted molar refractivity (Wildman–Crippen MR) is 87.4 cm³/mol. The average molecular weight is 380 g/mol. The van der Waals surface area contributed by atoms with Gasteiger partial charge in [-0.05, 0) is 17.7 Å². The third kappa shape index (κ3) is 3.99. The first kappa shape index (κ1) is 18.6. The van der Waals surface area contributed by atoms with Crippen molar-refractivity contribution in [2.45, 2.75) is 25.6 Å². The second-order valence-corrected chi connectivity index (χ2v) is 6.09. The van der Waals surface area contributed by atoms with E-state index in [2.05, 4.69) is 10.4 Å². The molecule has 1 N–H and O–H groups in total. The number of carbonyl (C=O) groups excluding carboxylic acids is 3. The molecule has 3 amide bonds. The Labute approximate surface area is 151 Å². The summed E-state index contributed by atoms with van der Waals surface area (Å²) in [4.78, 5) is 36.6. The van der Waals surface area contributed by atoms with Gasteiger partial charge in [0.05, 0.1) is 12.1 Å². The van der Waals surface area contributed by atoms with Crippen molar-refractivity contribution in [3.8, 4) is 0 Å². The number of likely N-dealkylation sites (tertiary alicyclic amines) is 1. The molecule has 0 spiro atoms. The Bertz CT molecular complexity index is 887. The van der Waals surface area contributed by atoms with Crippen LogP contribution in [-0.2, 0) is 29.4 Å². The van der Waals surface area contributed by atoms with E-state index in [4.69, 9.17) is 0 Å². The van der Waals surface area contributed by atoms with Crippen molar-refractivity contribution in [3.05, 3.63) is 47.3 Å². The summed E-state index contributed by atoms with van der Waals surface area (Å²) >= 11 is 0. The maximum Gasteiger partial charge on any atom is 0.435 e. The fourth-order valence-electron chi connectivity index (χ4n) is 2.74. The first-order valence-corrected chi connectivity index (χ1v) is 7.99. The molecule has 10 heteroatoms. The van der Waals surface area contributed by atoms with Crippen LogP contribution in [0.25, 0.3) is 0 Å². The second-order valence-electron chi connectivity index (χ2n) is 6.09. The van der Waals surface area contributed by atoms with E-state index < -0.39 is 23.3 Å². The van der Waals surface area contributed by atoms with Crippen LogP contribution >= 0.6 is 0 Å². The van der Waals surface area contributed by atoms with E-state index in [0.29, 0.717) is 5.56 Å². The number of alkyl halides is 3. The van der Waals surface area contributed by atoms with Crippen molar-refractivity contribution in [1.29, 1.82) is 0 Å². The smallest absolute Gasteiger partial charge is 0.322 e. The minimum atomic E-state index is -4.74. The molecule has 1 aliphatic heterocycles. The number of anilines is 1. The molecule has 1 aliphatic rings. The van der Waals surface area contributed by atoms with Crippen LogP contribution in [0.2, 0.25) is 0 Å².